The summed E-state index contributed by atoms with van der Waals surface area (Å²) in [4.78, 5) is 27.9. The normalized spacial score (nSPS) is 13.0. The molecule has 0 bridgehead atoms. The van der Waals surface area contributed by atoms with Crippen LogP contribution in [0.15, 0.2) is 42.5 Å². The van der Waals surface area contributed by atoms with Gasteiger partial charge in [-0.3, -0.25) is 13.9 Å². The highest BCUT2D eigenvalue weighted by Crippen LogP contribution is 2.31. The van der Waals surface area contributed by atoms with Crippen LogP contribution in [0.3, 0.4) is 0 Å². The van der Waals surface area contributed by atoms with Gasteiger partial charge in [-0.1, -0.05) is 36.7 Å². The largest absolute Gasteiger partial charge is 0.495 e. The molecule has 10 heteroatoms. The zero-order valence-electron chi connectivity index (χ0n) is 21.0. The number of halogens is 1. The third-order valence-corrected chi connectivity index (χ3v) is 7.10. The highest BCUT2D eigenvalue weighted by atomic mass is 35.5. The summed E-state index contributed by atoms with van der Waals surface area (Å²) in [6, 6.07) is 11.1. The minimum Gasteiger partial charge on any atom is -0.495 e. The van der Waals surface area contributed by atoms with E-state index in [1.165, 1.54) is 12.0 Å². The number of methoxy groups -OCH3 is 1. The van der Waals surface area contributed by atoms with Crippen molar-refractivity contribution in [3.05, 3.63) is 58.6 Å². The third kappa shape index (κ3) is 7.86. The van der Waals surface area contributed by atoms with E-state index in [1.807, 2.05) is 20.8 Å². The fourth-order valence-electron chi connectivity index (χ4n) is 3.42. The predicted molar refractivity (Wildman–Crippen MR) is 139 cm³/mol. The van der Waals surface area contributed by atoms with Crippen LogP contribution in [-0.4, -0.2) is 57.1 Å². The number of hydrogen-bond acceptors (Lipinski definition) is 5. The first-order valence-corrected chi connectivity index (χ1v) is 13.6. The fourth-order valence-corrected chi connectivity index (χ4v) is 4.40. The molecule has 2 atom stereocenters. The van der Waals surface area contributed by atoms with Gasteiger partial charge in [0.25, 0.3) is 0 Å². The number of nitrogens with zero attached hydrogens (tertiary/aromatic N) is 2. The van der Waals surface area contributed by atoms with Gasteiger partial charge in [0.05, 0.1) is 19.1 Å². The Bertz CT molecular complexity index is 1140. The molecular weight excluding hydrogens is 490 g/mol. The molecule has 35 heavy (non-hydrogen) atoms. The summed E-state index contributed by atoms with van der Waals surface area (Å²) in [6.45, 7) is 6.89. The summed E-state index contributed by atoms with van der Waals surface area (Å²) in [5, 5.41) is 3.44. The van der Waals surface area contributed by atoms with Crippen LogP contribution in [0.1, 0.15) is 38.3 Å². The van der Waals surface area contributed by atoms with Crippen molar-refractivity contribution in [2.75, 3.05) is 24.2 Å². The zero-order chi connectivity index (χ0) is 26.3. The fraction of sp³-hybridized carbons (Fsp3) is 0.440. The monoisotopic (exact) mass is 523 g/mol. The average Bonchev–Trinajstić information content (AvgIpc) is 2.80. The van der Waals surface area contributed by atoms with Gasteiger partial charge in [0, 0.05) is 17.6 Å². The SMILES string of the molecule is CC[C@@H](C)NC(=O)[C@@H](C)N(Cc1ccc(Cl)cc1)C(=O)CN(c1cc(C)ccc1OC)S(C)(=O)=O. The minimum atomic E-state index is -3.86. The van der Waals surface area contributed by atoms with Gasteiger partial charge < -0.3 is 15.0 Å². The summed E-state index contributed by atoms with van der Waals surface area (Å²) in [7, 11) is -2.42. The average molecular weight is 524 g/mol. The molecule has 0 aromatic heterocycles. The van der Waals surface area contributed by atoms with E-state index in [-0.39, 0.29) is 24.2 Å². The van der Waals surface area contributed by atoms with E-state index in [4.69, 9.17) is 16.3 Å². The number of hydrogen-bond donors (Lipinski definition) is 1. The molecule has 192 valence electrons. The lowest BCUT2D eigenvalue weighted by molar-refractivity contribution is -0.139. The van der Waals surface area contributed by atoms with Crippen molar-refractivity contribution in [2.24, 2.45) is 0 Å². The first kappa shape index (κ1) is 28.5. The van der Waals surface area contributed by atoms with Gasteiger partial charge in [-0.15, -0.1) is 0 Å². The number of ether oxygens (including phenoxy) is 1. The third-order valence-electron chi connectivity index (χ3n) is 5.72. The minimum absolute atomic E-state index is 0.0680. The van der Waals surface area contributed by atoms with Gasteiger partial charge in [-0.2, -0.15) is 0 Å². The van der Waals surface area contributed by atoms with Crippen molar-refractivity contribution in [1.29, 1.82) is 0 Å². The summed E-state index contributed by atoms with van der Waals surface area (Å²) in [5.74, 6) is -0.526. The van der Waals surface area contributed by atoms with Gasteiger partial charge in [-0.25, -0.2) is 8.42 Å². The highest BCUT2D eigenvalue weighted by molar-refractivity contribution is 7.92. The Morgan fingerprint density at radius 1 is 1.11 bits per heavy atom. The maximum atomic E-state index is 13.6. The standard InChI is InChI=1S/C25H34ClN3O5S/c1-7-18(3)27-25(31)19(4)28(15-20-9-11-21(26)12-10-20)24(30)16-29(35(6,32)33)22-14-17(2)8-13-23(22)34-5/h8-14,18-19H,7,15-16H2,1-6H3,(H,27,31)/t18-,19-/m1/s1. The summed E-state index contributed by atoms with van der Waals surface area (Å²) in [5.41, 5.74) is 1.82. The van der Waals surface area contributed by atoms with Crippen LogP contribution >= 0.6 is 11.6 Å². The molecule has 0 aliphatic carbocycles. The van der Waals surface area contributed by atoms with E-state index in [0.717, 1.165) is 28.1 Å². The Balaban J connectivity index is 2.45. The first-order valence-electron chi connectivity index (χ1n) is 11.3. The Morgan fingerprint density at radius 3 is 2.29 bits per heavy atom. The maximum absolute atomic E-state index is 13.6. The number of carbonyl (C=O) groups is 2. The van der Waals surface area contributed by atoms with Crippen molar-refractivity contribution in [1.82, 2.24) is 10.2 Å². The number of carbonyl (C=O) groups excluding carboxylic acids is 2. The second kappa shape index (κ2) is 12.3. The van der Waals surface area contributed by atoms with E-state index in [9.17, 15) is 18.0 Å². The summed E-state index contributed by atoms with van der Waals surface area (Å²) in [6.07, 6.45) is 1.77. The number of nitrogens with one attached hydrogen (secondary N) is 1. The van der Waals surface area contributed by atoms with E-state index in [0.29, 0.717) is 10.8 Å². The van der Waals surface area contributed by atoms with Gasteiger partial charge >= 0.3 is 0 Å². The molecule has 0 aliphatic heterocycles. The van der Waals surface area contributed by atoms with E-state index < -0.39 is 28.5 Å². The van der Waals surface area contributed by atoms with Crippen molar-refractivity contribution < 1.29 is 22.7 Å². The Hall–Kier alpha value is -2.78. The van der Waals surface area contributed by atoms with E-state index in [2.05, 4.69) is 5.32 Å². The molecular formula is C25H34ClN3O5S. The molecule has 8 nitrogen and oxygen atoms in total. The lowest BCUT2D eigenvalue weighted by Crippen LogP contribution is -2.52. The van der Waals surface area contributed by atoms with Crippen LogP contribution in [0.25, 0.3) is 0 Å². The van der Waals surface area contributed by atoms with Crippen LogP contribution in [0, 0.1) is 6.92 Å². The lowest BCUT2D eigenvalue weighted by Gasteiger charge is -2.32. The predicted octanol–water partition coefficient (Wildman–Crippen LogP) is 3.76. The van der Waals surface area contributed by atoms with Gasteiger partial charge in [-0.05, 0) is 62.6 Å². The maximum Gasteiger partial charge on any atom is 0.244 e. The summed E-state index contributed by atoms with van der Waals surface area (Å²) >= 11 is 6.00. The molecule has 0 saturated heterocycles. The quantitative estimate of drug-likeness (QED) is 0.484. The second-order valence-electron chi connectivity index (χ2n) is 8.59. The topological polar surface area (TPSA) is 96.0 Å². The van der Waals surface area contributed by atoms with Gasteiger partial charge in [0.1, 0.15) is 18.3 Å². The Labute approximate surface area is 213 Å². The summed E-state index contributed by atoms with van der Waals surface area (Å²) < 4.78 is 31.9. The van der Waals surface area contributed by atoms with E-state index >= 15 is 0 Å². The van der Waals surface area contributed by atoms with E-state index in [1.54, 1.807) is 49.4 Å². The Kier molecular flexibility index (Phi) is 9.97. The molecule has 0 heterocycles. The number of sulfonamides is 1. The van der Waals surface area contributed by atoms with Crippen molar-refractivity contribution >= 4 is 39.1 Å². The zero-order valence-corrected chi connectivity index (χ0v) is 22.6. The molecule has 0 unspecified atom stereocenters. The number of anilines is 1. The molecule has 2 rings (SSSR count). The second-order valence-corrected chi connectivity index (χ2v) is 10.9. The first-order chi connectivity index (χ1) is 16.4. The molecule has 0 saturated carbocycles. The highest BCUT2D eigenvalue weighted by Gasteiger charge is 2.31. The van der Waals surface area contributed by atoms with Crippen LogP contribution in [-0.2, 0) is 26.2 Å². The smallest absolute Gasteiger partial charge is 0.244 e. The molecule has 2 aromatic carbocycles. The van der Waals surface area contributed by atoms with Crippen molar-refractivity contribution in [3.63, 3.8) is 0 Å². The molecule has 0 aliphatic rings. The van der Waals surface area contributed by atoms with Crippen LogP contribution in [0.5, 0.6) is 5.75 Å². The number of aryl methyl sites for hydroxylation is 1. The van der Waals surface area contributed by atoms with Crippen LogP contribution in [0.4, 0.5) is 5.69 Å². The molecule has 0 fully saturated rings. The van der Waals surface area contributed by atoms with Crippen LogP contribution < -0.4 is 14.4 Å². The molecule has 0 radical (unpaired) electrons. The Morgan fingerprint density at radius 2 is 1.74 bits per heavy atom. The number of benzene rings is 2. The molecule has 2 aromatic rings. The number of rotatable bonds is 11. The lowest BCUT2D eigenvalue weighted by atomic mass is 10.1. The van der Waals surface area contributed by atoms with Crippen molar-refractivity contribution in [3.8, 4) is 5.75 Å². The van der Waals surface area contributed by atoms with Gasteiger partial charge in [0.15, 0.2) is 0 Å². The van der Waals surface area contributed by atoms with Crippen LogP contribution in [0.2, 0.25) is 5.02 Å². The molecule has 1 N–H and O–H groups in total. The number of amides is 2. The van der Waals surface area contributed by atoms with Crippen molar-refractivity contribution in [2.45, 2.75) is 52.7 Å². The molecule has 2 amide bonds. The van der Waals surface area contributed by atoms with Gasteiger partial charge in [0.2, 0.25) is 21.8 Å². The molecule has 0 spiro atoms.